The number of nitrogens with one attached hydrogen (secondary N) is 1. The topological polar surface area (TPSA) is 20.7 Å². The number of nitrogens with zero attached hydrogens (tertiary/aromatic N) is 1. The van der Waals surface area contributed by atoms with E-state index in [0.717, 1.165) is 17.5 Å². The van der Waals surface area contributed by atoms with Crippen LogP contribution in [0.5, 0.6) is 0 Å². The molecule has 20 heavy (non-hydrogen) atoms. The van der Waals surface area contributed by atoms with Crippen molar-refractivity contribution in [2.45, 2.75) is 19.4 Å². The van der Waals surface area contributed by atoms with Gasteiger partial charge in [-0.1, -0.05) is 37.3 Å². The maximum absolute atomic E-state index is 13.5. The third kappa shape index (κ3) is 2.16. The van der Waals surface area contributed by atoms with Gasteiger partial charge in [0.05, 0.1) is 17.1 Å². The highest BCUT2D eigenvalue weighted by molar-refractivity contribution is 7.71. The fourth-order valence-electron chi connectivity index (χ4n) is 2.65. The SMILES string of the molecule is CCC(c1ccccc1)n1c(=S)[nH]c2ccc(F)cc21. The quantitative estimate of drug-likeness (QED) is 0.683. The zero-order chi connectivity index (χ0) is 14.1. The van der Waals surface area contributed by atoms with E-state index in [-0.39, 0.29) is 11.9 Å². The fraction of sp³-hybridized carbons (Fsp3) is 0.188. The van der Waals surface area contributed by atoms with Crippen molar-refractivity contribution in [2.75, 3.05) is 0 Å². The molecule has 1 unspecified atom stereocenters. The van der Waals surface area contributed by atoms with Gasteiger partial charge in [-0.05, 0) is 42.4 Å². The number of aromatic nitrogens is 2. The van der Waals surface area contributed by atoms with Gasteiger partial charge in [-0.2, -0.15) is 0 Å². The summed E-state index contributed by atoms with van der Waals surface area (Å²) < 4.78 is 16.2. The van der Waals surface area contributed by atoms with Gasteiger partial charge in [0, 0.05) is 0 Å². The molecule has 2 nitrogen and oxygen atoms in total. The van der Waals surface area contributed by atoms with Gasteiger partial charge in [0.1, 0.15) is 5.82 Å². The minimum Gasteiger partial charge on any atom is -0.331 e. The monoisotopic (exact) mass is 286 g/mol. The molecule has 1 heterocycles. The van der Waals surface area contributed by atoms with Gasteiger partial charge in [-0.25, -0.2) is 4.39 Å². The number of hydrogen-bond acceptors (Lipinski definition) is 1. The molecular formula is C16H15FN2S. The summed E-state index contributed by atoms with van der Waals surface area (Å²) >= 11 is 5.42. The molecule has 0 spiro atoms. The highest BCUT2D eigenvalue weighted by Gasteiger charge is 2.16. The van der Waals surface area contributed by atoms with Crippen molar-refractivity contribution in [3.05, 3.63) is 64.7 Å². The summed E-state index contributed by atoms with van der Waals surface area (Å²) in [5.74, 6) is -0.247. The Morgan fingerprint density at radius 1 is 1.20 bits per heavy atom. The van der Waals surface area contributed by atoms with Crippen molar-refractivity contribution < 1.29 is 4.39 Å². The summed E-state index contributed by atoms with van der Waals surface area (Å²) in [5.41, 5.74) is 2.85. The van der Waals surface area contributed by atoms with Crippen molar-refractivity contribution >= 4 is 23.3 Å². The third-order valence-electron chi connectivity index (χ3n) is 3.56. The maximum atomic E-state index is 13.5. The van der Waals surface area contributed by atoms with Crippen LogP contribution in [0, 0.1) is 10.6 Å². The standard InChI is InChI=1S/C16H15FN2S/c1-2-14(11-6-4-3-5-7-11)19-15-10-12(17)8-9-13(15)18-16(19)20/h3-10,14H,2H2,1H3,(H,18,20). The molecule has 0 saturated heterocycles. The lowest BCUT2D eigenvalue weighted by Crippen LogP contribution is -2.09. The van der Waals surface area contributed by atoms with E-state index in [0.29, 0.717) is 4.77 Å². The largest absolute Gasteiger partial charge is 0.331 e. The molecule has 0 aliphatic carbocycles. The molecule has 2 aromatic carbocycles. The van der Waals surface area contributed by atoms with E-state index in [2.05, 4.69) is 24.0 Å². The lowest BCUT2D eigenvalue weighted by molar-refractivity contribution is 0.572. The molecule has 3 rings (SSSR count). The van der Waals surface area contributed by atoms with Crippen LogP contribution in [0.3, 0.4) is 0 Å². The van der Waals surface area contributed by atoms with Crippen LogP contribution in [0.15, 0.2) is 48.5 Å². The predicted octanol–water partition coefficient (Wildman–Crippen LogP) is 4.84. The van der Waals surface area contributed by atoms with Crippen LogP contribution in [-0.4, -0.2) is 9.55 Å². The summed E-state index contributed by atoms with van der Waals surface area (Å²) in [7, 11) is 0. The van der Waals surface area contributed by atoms with Crippen molar-refractivity contribution in [1.29, 1.82) is 0 Å². The fourth-order valence-corrected chi connectivity index (χ4v) is 2.98. The van der Waals surface area contributed by atoms with Gasteiger partial charge in [0.15, 0.2) is 4.77 Å². The van der Waals surface area contributed by atoms with Crippen molar-refractivity contribution in [1.82, 2.24) is 9.55 Å². The number of imidazole rings is 1. The number of rotatable bonds is 3. The summed E-state index contributed by atoms with van der Waals surface area (Å²) in [5, 5.41) is 0. The zero-order valence-corrected chi connectivity index (χ0v) is 12.0. The van der Waals surface area contributed by atoms with Gasteiger partial charge < -0.3 is 9.55 Å². The second-order valence-electron chi connectivity index (χ2n) is 4.80. The summed E-state index contributed by atoms with van der Waals surface area (Å²) in [4.78, 5) is 3.15. The Balaban J connectivity index is 2.24. The number of hydrogen-bond donors (Lipinski definition) is 1. The van der Waals surface area contributed by atoms with Crippen LogP contribution in [0.4, 0.5) is 4.39 Å². The Kier molecular flexibility index (Phi) is 3.40. The average Bonchev–Trinajstić information content (AvgIpc) is 2.77. The predicted molar refractivity (Wildman–Crippen MR) is 82.0 cm³/mol. The van der Waals surface area contributed by atoms with Gasteiger partial charge in [-0.3, -0.25) is 0 Å². The van der Waals surface area contributed by atoms with Gasteiger partial charge in [0.2, 0.25) is 0 Å². The van der Waals surface area contributed by atoms with E-state index < -0.39 is 0 Å². The molecule has 0 amide bonds. The van der Waals surface area contributed by atoms with E-state index in [1.54, 1.807) is 6.07 Å². The molecule has 0 bridgehead atoms. The second kappa shape index (κ2) is 5.21. The Morgan fingerprint density at radius 3 is 2.65 bits per heavy atom. The molecule has 0 radical (unpaired) electrons. The van der Waals surface area contributed by atoms with Crippen molar-refractivity contribution in [3.8, 4) is 0 Å². The Morgan fingerprint density at radius 2 is 1.95 bits per heavy atom. The molecule has 0 aliphatic rings. The molecular weight excluding hydrogens is 271 g/mol. The molecule has 0 saturated carbocycles. The minimum absolute atomic E-state index is 0.110. The zero-order valence-electron chi connectivity index (χ0n) is 11.1. The molecule has 102 valence electrons. The van der Waals surface area contributed by atoms with E-state index in [1.807, 2.05) is 22.8 Å². The van der Waals surface area contributed by atoms with Crippen LogP contribution in [0.2, 0.25) is 0 Å². The maximum Gasteiger partial charge on any atom is 0.178 e. The highest BCUT2D eigenvalue weighted by Crippen LogP contribution is 2.27. The summed E-state index contributed by atoms with van der Waals surface area (Å²) in [6.45, 7) is 2.11. The first-order valence-corrected chi connectivity index (χ1v) is 7.06. The van der Waals surface area contributed by atoms with E-state index in [1.165, 1.54) is 17.7 Å². The molecule has 1 atom stereocenters. The summed E-state index contributed by atoms with van der Waals surface area (Å²) in [6, 6.07) is 15.0. The second-order valence-corrected chi connectivity index (χ2v) is 5.18. The van der Waals surface area contributed by atoms with Gasteiger partial charge in [0.25, 0.3) is 0 Å². The Bertz CT molecular complexity index is 789. The highest BCUT2D eigenvalue weighted by atomic mass is 32.1. The smallest absolute Gasteiger partial charge is 0.178 e. The van der Waals surface area contributed by atoms with Crippen LogP contribution < -0.4 is 0 Å². The molecule has 4 heteroatoms. The van der Waals surface area contributed by atoms with Crippen LogP contribution >= 0.6 is 12.2 Å². The number of H-pyrrole nitrogens is 1. The first-order chi connectivity index (χ1) is 9.70. The lowest BCUT2D eigenvalue weighted by atomic mass is 10.0. The Labute approximate surface area is 121 Å². The lowest BCUT2D eigenvalue weighted by Gasteiger charge is -2.18. The molecule has 0 aliphatic heterocycles. The number of halogens is 1. The molecule has 1 aromatic heterocycles. The van der Waals surface area contributed by atoms with Crippen LogP contribution in [-0.2, 0) is 0 Å². The van der Waals surface area contributed by atoms with E-state index in [9.17, 15) is 4.39 Å². The number of benzene rings is 2. The van der Waals surface area contributed by atoms with Crippen LogP contribution in [0.25, 0.3) is 11.0 Å². The first-order valence-electron chi connectivity index (χ1n) is 6.65. The Hall–Kier alpha value is -1.94. The van der Waals surface area contributed by atoms with E-state index in [4.69, 9.17) is 12.2 Å². The normalized spacial score (nSPS) is 12.7. The van der Waals surface area contributed by atoms with Gasteiger partial charge >= 0.3 is 0 Å². The van der Waals surface area contributed by atoms with Gasteiger partial charge in [-0.15, -0.1) is 0 Å². The number of fused-ring (bicyclic) bond motifs is 1. The van der Waals surface area contributed by atoms with Crippen molar-refractivity contribution in [3.63, 3.8) is 0 Å². The average molecular weight is 286 g/mol. The molecule has 0 fully saturated rings. The molecule has 3 aromatic rings. The minimum atomic E-state index is -0.247. The molecule has 1 N–H and O–H groups in total. The van der Waals surface area contributed by atoms with Crippen LogP contribution in [0.1, 0.15) is 24.9 Å². The third-order valence-corrected chi connectivity index (χ3v) is 3.86. The summed E-state index contributed by atoms with van der Waals surface area (Å²) in [6.07, 6.45) is 0.891. The number of aromatic amines is 1. The van der Waals surface area contributed by atoms with Crippen molar-refractivity contribution in [2.24, 2.45) is 0 Å². The van der Waals surface area contributed by atoms with E-state index >= 15 is 0 Å². The first kappa shape index (κ1) is 13.1.